The summed E-state index contributed by atoms with van der Waals surface area (Å²) in [5.41, 5.74) is 0.454. The molecule has 0 saturated carbocycles. The number of hydrogen-bond donors (Lipinski definition) is 2. The Balaban J connectivity index is 1.80. The summed E-state index contributed by atoms with van der Waals surface area (Å²) in [5.74, 6) is -0.373. The number of aromatic nitrogens is 2. The van der Waals surface area contributed by atoms with Crippen molar-refractivity contribution in [1.29, 1.82) is 0 Å². The fraction of sp³-hybridized carbons (Fsp3) is 0.389. The van der Waals surface area contributed by atoms with Gasteiger partial charge in [0.15, 0.2) is 0 Å². The van der Waals surface area contributed by atoms with Crippen molar-refractivity contribution < 1.29 is 14.3 Å². The first-order valence-electron chi connectivity index (χ1n) is 8.09. The predicted octanol–water partition coefficient (Wildman–Crippen LogP) is 1.67. The quantitative estimate of drug-likeness (QED) is 0.751. The number of hydrogen-bond acceptors (Lipinski definition) is 5. The number of furan rings is 1. The van der Waals surface area contributed by atoms with Crippen LogP contribution in [0.5, 0.6) is 0 Å². The smallest absolute Gasteiger partial charge is 0.297 e. The van der Waals surface area contributed by atoms with Crippen LogP contribution < -0.4 is 10.9 Å². The number of nitrogens with zero attached hydrogens (tertiary/aromatic N) is 2. The third kappa shape index (κ3) is 3.41. The van der Waals surface area contributed by atoms with Crippen LogP contribution in [0.3, 0.4) is 0 Å². The van der Waals surface area contributed by atoms with E-state index in [0.29, 0.717) is 11.1 Å². The molecule has 1 atom stereocenters. The number of carbonyl (C=O) groups is 1. The van der Waals surface area contributed by atoms with Gasteiger partial charge in [-0.3, -0.25) is 14.2 Å². The highest BCUT2D eigenvalue weighted by Crippen LogP contribution is 2.24. The molecule has 1 unspecified atom stereocenters. The van der Waals surface area contributed by atoms with E-state index in [1.54, 1.807) is 6.07 Å². The van der Waals surface area contributed by atoms with Gasteiger partial charge in [-0.2, -0.15) is 0 Å². The van der Waals surface area contributed by atoms with Crippen LogP contribution in [0.4, 0.5) is 0 Å². The van der Waals surface area contributed by atoms with Gasteiger partial charge in [-0.1, -0.05) is 32.9 Å². The third-order valence-electron chi connectivity index (χ3n) is 4.16. The van der Waals surface area contributed by atoms with Gasteiger partial charge in [0, 0.05) is 11.9 Å². The Bertz CT molecular complexity index is 981. The van der Waals surface area contributed by atoms with Crippen LogP contribution in [0.1, 0.15) is 20.8 Å². The van der Waals surface area contributed by atoms with Crippen LogP contribution in [0.15, 0.2) is 39.8 Å². The Hall–Kier alpha value is -2.67. The van der Waals surface area contributed by atoms with E-state index in [1.807, 2.05) is 39.0 Å². The van der Waals surface area contributed by atoms with Gasteiger partial charge in [-0.05, 0) is 17.5 Å². The third-order valence-corrected chi connectivity index (χ3v) is 4.16. The second-order valence-corrected chi connectivity index (χ2v) is 7.14. The molecule has 1 amide bonds. The Kier molecular flexibility index (Phi) is 4.34. The van der Waals surface area contributed by atoms with E-state index in [2.05, 4.69) is 10.3 Å². The van der Waals surface area contributed by atoms with Crippen molar-refractivity contribution in [2.75, 3.05) is 6.54 Å². The van der Waals surface area contributed by atoms with Crippen molar-refractivity contribution in [3.63, 3.8) is 0 Å². The largest absolute Gasteiger partial charge is 0.448 e. The van der Waals surface area contributed by atoms with Crippen molar-refractivity contribution in [3.8, 4) is 0 Å². The van der Waals surface area contributed by atoms with E-state index in [1.165, 1.54) is 10.9 Å². The standard InChI is InChI=1S/C18H21N3O4/c1-18(2,3)13(22)8-19-14(23)9-21-10-20-15-11-6-4-5-7-12(11)25-16(15)17(21)24/h4-7,10,13,22H,8-9H2,1-3H3,(H,19,23). The van der Waals surface area contributed by atoms with Gasteiger partial charge < -0.3 is 14.8 Å². The second-order valence-electron chi connectivity index (χ2n) is 7.14. The molecular weight excluding hydrogens is 322 g/mol. The highest BCUT2D eigenvalue weighted by molar-refractivity contribution is 6.01. The van der Waals surface area contributed by atoms with Gasteiger partial charge in [0.2, 0.25) is 11.5 Å². The summed E-state index contributed by atoms with van der Waals surface area (Å²) >= 11 is 0. The van der Waals surface area contributed by atoms with Crippen molar-refractivity contribution >= 4 is 28.0 Å². The lowest BCUT2D eigenvalue weighted by atomic mass is 9.89. The first-order chi connectivity index (χ1) is 11.8. The normalized spacial score (nSPS) is 13.3. The molecule has 3 aromatic rings. The Morgan fingerprint density at radius 2 is 2.08 bits per heavy atom. The molecule has 0 aliphatic heterocycles. The topological polar surface area (TPSA) is 97.4 Å². The molecule has 7 heteroatoms. The lowest BCUT2D eigenvalue weighted by Gasteiger charge is -2.25. The maximum absolute atomic E-state index is 12.5. The highest BCUT2D eigenvalue weighted by Gasteiger charge is 2.22. The Morgan fingerprint density at radius 3 is 2.80 bits per heavy atom. The summed E-state index contributed by atoms with van der Waals surface area (Å²) in [6.07, 6.45) is 0.663. The van der Waals surface area contributed by atoms with E-state index in [0.717, 1.165) is 5.39 Å². The van der Waals surface area contributed by atoms with Gasteiger partial charge in [0.25, 0.3) is 5.56 Å². The van der Waals surface area contributed by atoms with Gasteiger partial charge in [0.05, 0.1) is 12.4 Å². The summed E-state index contributed by atoms with van der Waals surface area (Å²) in [4.78, 5) is 28.9. The molecule has 0 aliphatic carbocycles. The number of rotatable bonds is 4. The molecular formula is C18H21N3O4. The molecule has 0 saturated heterocycles. The maximum Gasteiger partial charge on any atom is 0.297 e. The summed E-state index contributed by atoms with van der Waals surface area (Å²) in [5, 5.41) is 13.4. The number of amides is 1. The Morgan fingerprint density at radius 1 is 1.36 bits per heavy atom. The number of nitrogens with one attached hydrogen (secondary N) is 1. The Labute approximate surface area is 144 Å². The van der Waals surface area contributed by atoms with E-state index in [9.17, 15) is 14.7 Å². The molecule has 2 N–H and O–H groups in total. The molecule has 3 rings (SSSR count). The zero-order valence-electron chi connectivity index (χ0n) is 14.4. The van der Waals surface area contributed by atoms with E-state index < -0.39 is 11.7 Å². The van der Waals surface area contributed by atoms with Crippen LogP contribution in [-0.2, 0) is 11.3 Å². The number of aliphatic hydroxyl groups excluding tert-OH is 1. The molecule has 2 aromatic heterocycles. The minimum Gasteiger partial charge on any atom is -0.448 e. The minimum atomic E-state index is -0.677. The van der Waals surface area contributed by atoms with E-state index in [4.69, 9.17) is 4.42 Å². The van der Waals surface area contributed by atoms with Crippen LogP contribution in [0, 0.1) is 5.41 Å². The number of aliphatic hydroxyl groups is 1. The molecule has 0 fully saturated rings. The van der Waals surface area contributed by atoms with E-state index in [-0.39, 0.29) is 30.0 Å². The fourth-order valence-electron chi connectivity index (χ4n) is 2.46. The second kappa shape index (κ2) is 6.33. The fourth-order valence-corrected chi connectivity index (χ4v) is 2.46. The van der Waals surface area contributed by atoms with E-state index >= 15 is 0 Å². The van der Waals surface area contributed by atoms with Crippen molar-refractivity contribution in [1.82, 2.24) is 14.9 Å². The minimum absolute atomic E-state index is 0.122. The number of carbonyl (C=O) groups excluding carboxylic acids is 1. The molecule has 1 aromatic carbocycles. The van der Waals surface area contributed by atoms with Crippen molar-refractivity contribution in [3.05, 3.63) is 40.9 Å². The van der Waals surface area contributed by atoms with Crippen LogP contribution in [-0.4, -0.2) is 33.2 Å². The van der Waals surface area contributed by atoms with Crippen molar-refractivity contribution in [2.45, 2.75) is 33.4 Å². The maximum atomic E-state index is 12.5. The zero-order valence-corrected chi connectivity index (χ0v) is 14.4. The SMILES string of the molecule is CC(C)(C)C(O)CNC(=O)Cn1cnc2c(oc3ccccc32)c1=O. The van der Waals surface area contributed by atoms with Gasteiger partial charge in [-0.25, -0.2) is 4.98 Å². The highest BCUT2D eigenvalue weighted by atomic mass is 16.3. The number of benzene rings is 1. The van der Waals surface area contributed by atoms with Gasteiger partial charge in [0.1, 0.15) is 17.6 Å². The predicted molar refractivity (Wildman–Crippen MR) is 94.2 cm³/mol. The monoisotopic (exact) mass is 343 g/mol. The molecule has 132 valence electrons. The van der Waals surface area contributed by atoms with Crippen LogP contribution >= 0.6 is 0 Å². The summed E-state index contributed by atoms with van der Waals surface area (Å²) < 4.78 is 6.78. The van der Waals surface area contributed by atoms with Crippen LogP contribution in [0.25, 0.3) is 22.1 Å². The average Bonchev–Trinajstić information content (AvgIpc) is 2.94. The zero-order chi connectivity index (χ0) is 18.2. The molecule has 7 nitrogen and oxygen atoms in total. The van der Waals surface area contributed by atoms with Gasteiger partial charge in [-0.15, -0.1) is 0 Å². The molecule has 0 spiro atoms. The van der Waals surface area contributed by atoms with Gasteiger partial charge >= 0.3 is 0 Å². The molecule has 0 radical (unpaired) electrons. The van der Waals surface area contributed by atoms with Crippen molar-refractivity contribution in [2.24, 2.45) is 5.41 Å². The van der Waals surface area contributed by atoms with Crippen LogP contribution in [0.2, 0.25) is 0 Å². The molecule has 2 heterocycles. The summed E-state index contributed by atoms with van der Waals surface area (Å²) in [6, 6.07) is 7.26. The molecule has 0 aliphatic rings. The summed E-state index contributed by atoms with van der Waals surface area (Å²) in [6.45, 7) is 5.59. The number of para-hydroxylation sites is 1. The lowest BCUT2D eigenvalue weighted by molar-refractivity contribution is -0.122. The lowest BCUT2D eigenvalue weighted by Crippen LogP contribution is -2.41. The molecule has 0 bridgehead atoms. The first-order valence-corrected chi connectivity index (χ1v) is 8.09. The summed E-state index contributed by atoms with van der Waals surface area (Å²) in [7, 11) is 0. The molecule has 25 heavy (non-hydrogen) atoms. The average molecular weight is 343 g/mol. The number of fused-ring (bicyclic) bond motifs is 3. The first kappa shape index (κ1) is 17.2.